The first-order valence-electron chi connectivity index (χ1n) is 20.9. The molecule has 2 unspecified atom stereocenters. The van der Waals surface area contributed by atoms with Crippen LogP contribution < -0.4 is 21.3 Å². The molecule has 360 valence electrons. The molecule has 0 bridgehead atoms. The zero-order chi connectivity index (χ0) is 50.6. The molecule has 0 saturated carbocycles. The Balaban J connectivity index is 0.00000183. The maximum atomic E-state index is 15.1. The predicted octanol–water partition coefficient (Wildman–Crippen LogP) is 12.1. The van der Waals surface area contributed by atoms with Gasteiger partial charge >= 0.3 is 24.7 Å². The summed E-state index contributed by atoms with van der Waals surface area (Å²) in [4.78, 5) is 36.0. The molecule has 5 aromatic rings. The van der Waals surface area contributed by atoms with Crippen molar-refractivity contribution >= 4 is 47.7 Å². The monoisotopic (exact) mass is 961 g/mol. The minimum Gasteiger partial charge on any atom is -0.384 e. The average molecular weight is 962 g/mol. The van der Waals surface area contributed by atoms with E-state index in [0.29, 0.717) is 60.7 Å². The predicted molar refractivity (Wildman–Crippen MR) is 234 cm³/mol. The van der Waals surface area contributed by atoms with Crippen molar-refractivity contribution in [1.29, 1.82) is 0 Å². The SMILES string of the molecule is C=CC1CC(CNc2ccc(-c3ccc(-n4c(=C)c5ccc(C(c6ccc7c(c6)C(=O)NC7=O)(C(F)(F)F)C(F)(F)F)cc5c4=C)cc3C(F)(F)F)c(C(F)(F)F)c2)C=C(C=O)[C@H]1C.CC(C)C. The summed E-state index contributed by atoms with van der Waals surface area (Å²) in [6, 6.07) is 8.09. The van der Waals surface area contributed by atoms with Crippen LogP contribution in [0.25, 0.3) is 40.7 Å². The lowest BCUT2D eigenvalue weighted by atomic mass is 9.72. The minimum atomic E-state index is -6.15. The zero-order valence-electron chi connectivity index (χ0n) is 36.7. The van der Waals surface area contributed by atoms with Gasteiger partial charge in [0.2, 0.25) is 5.41 Å². The van der Waals surface area contributed by atoms with Crippen molar-refractivity contribution in [3.05, 3.63) is 141 Å². The number of hydrogen-bond donors (Lipinski definition) is 2. The number of carbonyl (C=O) groups is 3. The molecule has 3 atom stereocenters. The number of rotatable bonds is 9. The Labute approximate surface area is 381 Å². The van der Waals surface area contributed by atoms with Crippen LogP contribution in [0.1, 0.15) is 77.1 Å². The fourth-order valence-corrected chi connectivity index (χ4v) is 8.76. The number of carbonyl (C=O) groups excluding carboxylic acids is 3. The third-order valence-corrected chi connectivity index (χ3v) is 12.0. The third-order valence-electron chi connectivity index (χ3n) is 12.0. The van der Waals surface area contributed by atoms with Crippen molar-refractivity contribution in [3.8, 4) is 16.8 Å². The summed E-state index contributed by atoms with van der Waals surface area (Å²) >= 11 is 0. The molecule has 2 N–H and O–H groups in total. The second-order valence-corrected chi connectivity index (χ2v) is 17.3. The number of aromatic nitrogens is 1. The van der Waals surface area contributed by atoms with Crippen LogP contribution in [0.5, 0.6) is 0 Å². The van der Waals surface area contributed by atoms with Crippen LogP contribution in [0.2, 0.25) is 0 Å². The van der Waals surface area contributed by atoms with Crippen molar-refractivity contribution in [2.45, 2.75) is 64.2 Å². The van der Waals surface area contributed by atoms with Gasteiger partial charge in [-0.25, -0.2) is 0 Å². The van der Waals surface area contributed by atoms with Gasteiger partial charge in [0.15, 0.2) is 0 Å². The first-order valence-corrected chi connectivity index (χ1v) is 20.9. The lowest BCUT2D eigenvalue weighted by Gasteiger charge is -2.38. The molecular weight excluding hydrogens is 919 g/mol. The first-order chi connectivity index (χ1) is 31.5. The summed E-state index contributed by atoms with van der Waals surface area (Å²) < 4.78 is 180. The zero-order valence-corrected chi connectivity index (χ0v) is 36.7. The van der Waals surface area contributed by atoms with E-state index in [2.05, 4.69) is 45.8 Å². The van der Waals surface area contributed by atoms with Crippen LogP contribution in [0.3, 0.4) is 0 Å². The molecule has 1 aliphatic heterocycles. The molecule has 7 rings (SSSR count). The van der Waals surface area contributed by atoms with Gasteiger partial charge < -0.3 is 9.88 Å². The number of hydrogen-bond acceptors (Lipinski definition) is 4. The maximum Gasteiger partial charge on any atom is 0.417 e. The van der Waals surface area contributed by atoms with E-state index in [-0.39, 0.29) is 40.7 Å². The van der Waals surface area contributed by atoms with E-state index in [0.717, 1.165) is 40.8 Å². The van der Waals surface area contributed by atoms with Gasteiger partial charge in [0.05, 0.1) is 22.3 Å². The Hall–Kier alpha value is -6.59. The highest BCUT2D eigenvalue weighted by atomic mass is 19.4. The summed E-state index contributed by atoms with van der Waals surface area (Å²) in [5.41, 5.74) is -13.7. The smallest absolute Gasteiger partial charge is 0.384 e. The molecule has 18 heteroatoms. The van der Waals surface area contributed by atoms with E-state index in [1.165, 1.54) is 0 Å². The van der Waals surface area contributed by atoms with Crippen LogP contribution in [-0.4, -0.2) is 41.6 Å². The quantitative estimate of drug-likeness (QED) is 0.0668. The van der Waals surface area contributed by atoms with Gasteiger partial charge in [0.25, 0.3) is 11.8 Å². The minimum absolute atomic E-state index is 0.0743. The first kappa shape index (κ1) is 50.8. The average Bonchev–Trinajstić information content (AvgIpc) is 3.66. The van der Waals surface area contributed by atoms with E-state index >= 15 is 26.3 Å². The van der Waals surface area contributed by atoms with Crippen LogP contribution in [0.15, 0.2) is 97.1 Å². The molecule has 0 saturated heterocycles. The van der Waals surface area contributed by atoms with Crippen LogP contribution >= 0.6 is 0 Å². The number of halogens is 12. The number of imide groups is 1. The molecule has 1 aliphatic carbocycles. The molecule has 6 nitrogen and oxygen atoms in total. The second kappa shape index (κ2) is 18.1. The number of nitrogens with zero attached hydrogens (tertiary/aromatic N) is 1. The second-order valence-electron chi connectivity index (χ2n) is 17.3. The van der Waals surface area contributed by atoms with Crippen LogP contribution in [0.4, 0.5) is 58.4 Å². The Kier molecular flexibility index (Phi) is 13.6. The highest BCUT2D eigenvalue weighted by Gasteiger charge is 2.72. The van der Waals surface area contributed by atoms with Gasteiger partial charge in [-0.1, -0.05) is 83.3 Å². The van der Waals surface area contributed by atoms with Crippen molar-refractivity contribution in [3.63, 3.8) is 0 Å². The summed E-state index contributed by atoms with van der Waals surface area (Å²) in [5.74, 6) is -1.91. The standard InChI is InChI=1S/C46H33F12N3O3.C4H10/c1-5-26-14-25(15-27(21-62)22(26)2)20-59-30-8-12-33(38(18-30)43(47,48)49)34-13-9-31(19-39(34)44(50,51)52)61-23(3)32-10-6-28(16-36(32)24(61)4)42(45(53,54)55,46(56,57)58)29-7-11-35-37(17-29)41(64)60-40(35)63;1-4(2)3/h5-13,15-19,21-22,25-26,59H,1,3-4,14,20H2,2H3,(H,60,63,64);4H,1-3H3/t22-,25?,26?;/m0./s1. The highest BCUT2D eigenvalue weighted by Crippen LogP contribution is 2.57. The van der Waals surface area contributed by atoms with Gasteiger partial charge in [-0.2, -0.15) is 52.7 Å². The number of amides is 2. The number of anilines is 1. The molecular formula is C50H43F12N3O3. The fourth-order valence-electron chi connectivity index (χ4n) is 8.76. The molecule has 2 amide bonds. The Morgan fingerprint density at radius 1 is 0.706 bits per heavy atom. The molecule has 4 aromatic carbocycles. The number of benzene rings is 4. The number of alkyl halides is 12. The lowest BCUT2D eigenvalue weighted by Crippen LogP contribution is -2.54. The number of allylic oxidation sites excluding steroid dienone is 2. The van der Waals surface area contributed by atoms with Crippen LogP contribution in [-0.2, 0) is 22.6 Å². The normalized spacial score (nSPS) is 17.9. The van der Waals surface area contributed by atoms with Gasteiger partial charge in [0.1, 0.15) is 6.29 Å². The topological polar surface area (TPSA) is 80.2 Å². The van der Waals surface area contributed by atoms with E-state index in [1.54, 1.807) is 17.5 Å². The van der Waals surface area contributed by atoms with E-state index in [4.69, 9.17) is 0 Å². The largest absolute Gasteiger partial charge is 0.417 e. The van der Waals surface area contributed by atoms with Crippen molar-refractivity contribution in [1.82, 2.24) is 9.88 Å². The fraction of sp³-hybridized carbons (Fsp3) is 0.300. The highest BCUT2D eigenvalue weighted by molar-refractivity contribution is 6.21. The molecule has 2 aliphatic rings. The Bertz CT molecular complexity index is 2940. The van der Waals surface area contributed by atoms with Gasteiger partial charge in [-0.15, -0.1) is 6.58 Å². The van der Waals surface area contributed by atoms with E-state index in [1.807, 2.05) is 6.92 Å². The van der Waals surface area contributed by atoms with Crippen molar-refractivity contribution in [2.24, 2.45) is 23.7 Å². The molecule has 68 heavy (non-hydrogen) atoms. The van der Waals surface area contributed by atoms with Gasteiger partial charge in [0, 0.05) is 39.4 Å². The van der Waals surface area contributed by atoms with Crippen molar-refractivity contribution < 1.29 is 67.1 Å². The summed E-state index contributed by atoms with van der Waals surface area (Å²) in [7, 11) is 0. The molecule has 0 fully saturated rings. The van der Waals surface area contributed by atoms with E-state index in [9.17, 15) is 40.7 Å². The Morgan fingerprint density at radius 2 is 1.22 bits per heavy atom. The lowest BCUT2D eigenvalue weighted by molar-refractivity contribution is -0.288. The summed E-state index contributed by atoms with van der Waals surface area (Å²) in [6.07, 6.45) is -18.2. The molecule has 0 spiro atoms. The number of aldehydes is 1. The van der Waals surface area contributed by atoms with E-state index < -0.39 is 103 Å². The summed E-state index contributed by atoms with van der Waals surface area (Å²) in [5, 5.41) is 3.47. The Morgan fingerprint density at radius 3 is 1.78 bits per heavy atom. The molecule has 0 radical (unpaired) electrons. The molecule has 1 aromatic heterocycles. The number of nitrogens with one attached hydrogen (secondary N) is 2. The molecule has 2 heterocycles. The van der Waals surface area contributed by atoms with Gasteiger partial charge in [-0.3, -0.25) is 19.7 Å². The summed E-state index contributed by atoms with van der Waals surface area (Å²) in [6.45, 7) is 19.7. The van der Waals surface area contributed by atoms with Crippen molar-refractivity contribution in [2.75, 3.05) is 11.9 Å². The maximum absolute atomic E-state index is 15.1. The third kappa shape index (κ3) is 9.20. The van der Waals surface area contributed by atoms with Crippen LogP contribution in [0, 0.1) is 23.7 Å². The number of fused-ring (bicyclic) bond motifs is 2. The van der Waals surface area contributed by atoms with Gasteiger partial charge in [-0.05, 0) is 100 Å².